The van der Waals surface area contributed by atoms with Crippen LogP contribution < -0.4 is 0 Å². The summed E-state index contributed by atoms with van der Waals surface area (Å²) in [7, 11) is -3.42. The third-order valence-electron chi connectivity index (χ3n) is 3.40. The molecule has 100 valence electrons. The summed E-state index contributed by atoms with van der Waals surface area (Å²) in [6, 6.07) is 6.64. The Morgan fingerprint density at radius 1 is 1.22 bits per heavy atom. The minimum Gasteiger partial charge on any atom is -0.389 e. The zero-order valence-corrected chi connectivity index (χ0v) is 12.5. The highest BCUT2D eigenvalue weighted by Crippen LogP contribution is 2.31. The number of halogens is 1. The molecule has 0 unspecified atom stereocenters. The molecule has 1 saturated carbocycles. The molecule has 0 bridgehead atoms. The van der Waals surface area contributed by atoms with Gasteiger partial charge in [-0.3, -0.25) is 0 Å². The second kappa shape index (κ2) is 5.31. The predicted octanol–water partition coefficient (Wildman–Crippen LogP) is 2.92. The Labute approximate surface area is 116 Å². The highest BCUT2D eigenvalue weighted by molar-refractivity contribution is 9.10. The number of hydrogen-bond donors (Lipinski definition) is 1. The van der Waals surface area contributed by atoms with Crippen molar-refractivity contribution in [2.75, 3.05) is 5.75 Å². The van der Waals surface area contributed by atoms with Gasteiger partial charge in [0.25, 0.3) is 0 Å². The second-order valence-electron chi connectivity index (χ2n) is 5.00. The molecule has 0 atom stereocenters. The van der Waals surface area contributed by atoms with E-state index in [0.717, 1.165) is 23.7 Å². The van der Waals surface area contributed by atoms with Crippen LogP contribution in [0.15, 0.2) is 33.6 Å². The van der Waals surface area contributed by atoms with Crippen molar-refractivity contribution in [3.8, 4) is 0 Å². The van der Waals surface area contributed by atoms with E-state index in [1.807, 2.05) is 0 Å². The molecule has 18 heavy (non-hydrogen) atoms. The maximum atomic E-state index is 12.3. The highest BCUT2D eigenvalue weighted by Gasteiger charge is 2.35. The number of sulfone groups is 1. The van der Waals surface area contributed by atoms with Crippen molar-refractivity contribution in [3.63, 3.8) is 0 Å². The first-order chi connectivity index (χ1) is 8.41. The molecular formula is C13H17BrO3S. The first kappa shape index (κ1) is 14.0. The van der Waals surface area contributed by atoms with Crippen molar-refractivity contribution in [1.82, 2.24) is 0 Å². The summed E-state index contributed by atoms with van der Waals surface area (Å²) >= 11 is 3.27. The lowest BCUT2D eigenvalue weighted by atomic mass is 9.86. The molecule has 0 spiro atoms. The molecule has 2 rings (SSSR count). The van der Waals surface area contributed by atoms with Crippen LogP contribution in [0.1, 0.15) is 32.1 Å². The van der Waals surface area contributed by atoms with Gasteiger partial charge in [-0.2, -0.15) is 0 Å². The molecule has 3 nitrogen and oxygen atoms in total. The van der Waals surface area contributed by atoms with E-state index in [9.17, 15) is 13.5 Å². The van der Waals surface area contributed by atoms with Gasteiger partial charge in [-0.05, 0) is 31.0 Å². The van der Waals surface area contributed by atoms with Crippen LogP contribution in [0.5, 0.6) is 0 Å². The van der Waals surface area contributed by atoms with Crippen LogP contribution in [0.4, 0.5) is 0 Å². The first-order valence-electron chi connectivity index (χ1n) is 6.12. The van der Waals surface area contributed by atoms with Gasteiger partial charge in [0, 0.05) is 4.47 Å². The van der Waals surface area contributed by atoms with Crippen LogP contribution in [-0.2, 0) is 9.84 Å². The summed E-state index contributed by atoms with van der Waals surface area (Å²) in [5.41, 5.74) is -1.04. The molecule has 1 N–H and O–H groups in total. The van der Waals surface area contributed by atoms with Gasteiger partial charge >= 0.3 is 0 Å². The minimum atomic E-state index is -3.42. The summed E-state index contributed by atoms with van der Waals surface area (Å²) in [5.74, 6) is -0.170. The van der Waals surface area contributed by atoms with Gasteiger partial charge in [0.2, 0.25) is 0 Å². The highest BCUT2D eigenvalue weighted by atomic mass is 79.9. The fourth-order valence-electron chi connectivity index (χ4n) is 2.45. The summed E-state index contributed by atoms with van der Waals surface area (Å²) in [5, 5.41) is 10.3. The normalized spacial score (nSPS) is 19.7. The smallest absolute Gasteiger partial charge is 0.181 e. The molecule has 0 radical (unpaired) electrons. The fraction of sp³-hybridized carbons (Fsp3) is 0.538. The lowest BCUT2D eigenvalue weighted by Gasteiger charge is -2.31. The Bertz CT molecular complexity index is 519. The Morgan fingerprint density at radius 2 is 1.89 bits per heavy atom. The van der Waals surface area contributed by atoms with E-state index < -0.39 is 15.4 Å². The molecule has 0 heterocycles. The third kappa shape index (κ3) is 3.33. The topological polar surface area (TPSA) is 54.4 Å². The summed E-state index contributed by atoms with van der Waals surface area (Å²) in [6.45, 7) is 0. The van der Waals surface area contributed by atoms with Crippen LogP contribution in [0.2, 0.25) is 0 Å². The average Bonchev–Trinajstić information content (AvgIpc) is 2.28. The molecular weight excluding hydrogens is 316 g/mol. The van der Waals surface area contributed by atoms with Crippen molar-refractivity contribution in [2.45, 2.75) is 42.6 Å². The van der Waals surface area contributed by atoms with E-state index in [1.165, 1.54) is 0 Å². The maximum Gasteiger partial charge on any atom is 0.181 e. The quantitative estimate of drug-likeness (QED) is 0.925. The van der Waals surface area contributed by atoms with E-state index in [1.54, 1.807) is 24.3 Å². The fourth-order valence-corrected chi connectivity index (χ4v) is 4.76. The lowest BCUT2D eigenvalue weighted by molar-refractivity contribution is 0.0257. The molecule has 1 fully saturated rings. The lowest BCUT2D eigenvalue weighted by Crippen LogP contribution is -2.39. The van der Waals surface area contributed by atoms with Gasteiger partial charge < -0.3 is 5.11 Å². The van der Waals surface area contributed by atoms with E-state index in [-0.39, 0.29) is 10.6 Å². The van der Waals surface area contributed by atoms with Gasteiger partial charge in [0.05, 0.1) is 16.2 Å². The first-order valence-corrected chi connectivity index (χ1v) is 8.57. The number of hydrogen-bond acceptors (Lipinski definition) is 3. The van der Waals surface area contributed by atoms with Gasteiger partial charge in [-0.1, -0.05) is 41.3 Å². The summed E-state index contributed by atoms with van der Waals surface area (Å²) in [6.07, 6.45) is 4.06. The molecule has 0 aliphatic heterocycles. The van der Waals surface area contributed by atoms with Crippen LogP contribution in [0.25, 0.3) is 0 Å². The molecule has 1 aliphatic rings. The maximum absolute atomic E-state index is 12.3. The Morgan fingerprint density at radius 3 is 2.50 bits per heavy atom. The van der Waals surface area contributed by atoms with Crippen LogP contribution >= 0.6 is 15.9 Å². The molecule has 1 aliphatic carbocycles. The number of aliphatic hydroxyl groups is 1. The summed E-state index contributed by atoms with van der Waals surface area (Å²) < 4.78 is 25.3. The molecule has 0 aromatic heterocycles. The molecule has 0 amide bonds. The van der Waals surface area contributed by atoms with Gasteiger partial charge in [-0.25, -0.2) is 8.42 Å². The predicted molar refractivity (Wildman–Crippen MR) is 74.2 cm³/mol. The SMILES string of the molecule is O=S(=O)(CC1(O)CCCCC1)c1cccc(Br)c1. The van der Waals surface area contributed by atoms with E-state index >= 15 is 0 Å². The second-order valence-corrected chi connectivity index (χ2v) is 7.91. The Kier molecular flexibility index (Phi) is 4.14. The van der Waals surface area contributed by atoms with E-state index in [0.29, 0.717) is 12.8 Å². The zero-order valence-electron chi connectivity index (χ0n) is 10.1. The number of rotatable bonds is 3. The van der Waals surface area contributed by atoms with E-state index in [4.69, 9.17) is 0 Å². The van der Waals surface area contributed by atoms with Crippen LogP contribution in [-0.4, -0.2) is 24.9 Å². The van der Waals surface area contributed by atoms with Crippen LogP contribution in [0, 0.1) is 0 Å². The average molecular weight is 333 g/mol. The van der Waals surface area contributed by atoms with Crippen molar-refractivity contribution in [2.24, 2.45) is 0 Å². The van der Waals surface area contributed by atoms with Gasteiger partial charge in [-0.15, -0.1) is 0 Å². The van der Waals surface area contributed by atoms with Crippen molar-refractivity contribution >= 4 is 25.8 Å². The Hall–Kier alpha value is -0.390. The molecule has 1 aromatic rings. The Balaban J connectivity index is 2.21. The largest absolute Gasteiger partial charge is 0.389 e. The van der Waals surface area contributed by atoms with Gasteiger partial charge in [0.1, 0.15) is 0 Å². The van der Waals surface area contributed by atoms with Crippen molar-refractivity contribution in [3.05, 3.63) is 28.7 Å². The zero-order chi connectivity index (χ0) is 13.2. The number of benzene rings is 1. The van der Waals surface area contributed by atoms with Gasteiger partial charge in [0.15, 0.2) is 9.84 Å². The molecule has 1 aromatic carbocycles. The van der Waals surface area contributed by atoms with Crippen LogP contribution in [0.3, 0.4) is 0 Å². The minimum absolute atomic E-state index is 0.170. The van der Waals surface area contributed by atoms with Crippen molar-refractivity contribution < 1.29 is 13.5 Å². The van der Waals surface area contributed by atoms with Crippen molar-refractivity contribution in [1.29, 1.82) is 0 Å². The molecule has 5 heteroatoms. The molecule has 0 saturated heterocycles. The standard InChI is InChI=1S/C13H17BrO3S/c14-11-5-4-6-12(9-11)18(16,17)10-13(15)7-2-1-3-8-13/h4-6,9,15H,1-3,7-8,10H2. The third-order valence-corrected chi connectivity index (χ3v) is 5.78. The monoisotopic (exact) mass is 332 g/mol. The summed E-state index contributed by atoms with van der Waals surface area (Å²) in [4.78, 5) is 0.274. The van der Waals surface area contributed by atoms with E-state index in [2.05, 4.69) is 15.9 Å².